The Balaban J connectivity index is 0. The summed E-state index contributed by atoms with van der Waals surface area (Å²) >= 11 is 0. The molecule has 0 atom stereocenters. The average molecular weight is 182 g/mol. The van der Waals surface area contributed by atoms with Gasteiger partial charge in [-0.2, -0.15) is 0 Å². The van der Waals surface area contributed by atoms with E-state index in [1.54, 1.807) is 0 Å². The lowest BCUT2D eigenvalue weighted by molar-refractivity contribution is 1.14. The van der Waals surface area contributed by atoms with Crippen LogP contribution in [0.2, 0.25) is 0 Å². The van der Waals surface area contributed by atoms with Gasteiger partial charge in [0.25, 0.3) is 0 Å². The molecule has 0 spiro atoms. The van der Waals surface area contributed by atoms with Crippen molar-refractivity contribution in [1.29, 1.82) is 0 Å². The number of hydrogen-bond acceptors (Lipinski definition) is 2. The van der Waals surface area contributed by atoms with Gasteiger partial charge in [0, 0.05) is 5.69 Å². The summed E-state index contributed by atoms with van der Waals surface area (Å²) in [4.78, 5) is 0. The molecule has 1 aromatic rings. The largest absolute Gasteiger partial charge is 0.399 e. The summed E-state index contributed by atoms with van der Waals surface area (Å²) in [5.74, 6) is 0. The maximum Gasteiger partial charge on any atom is 0.0314 e. The minimum atomic E-state index is 0.840. The number of benzene rings is 1. The van der Waals surface area contributed by atoms with Crippen molar-refractivity contribution in [2.75, 3.05) is 12.8 Å². The fraction of sp³-hybridized carbons (Fsp3) is 0.455. The van der Waals surface area contributed by atoms with Gasteiger partial charge in [0.2, 0.25) is 0 Å². The van der Waals surface area contributed by atoms with Gasteiger partial charge in [-0.1, -0.05) is 32.9 Å². The lowest BCUT2D eigenvalue weighted by Crippen LogP contribution is -1.84. The van der Waals surface area contributed by atoms with Gasteiger partial charge in [-0.15, -0.1) is 0 Å². The fourth-order valence-corrected chi connectivity index (χ4v) is 0.753. The predicted molar refractivity (Wildman–Crippen MR) is 61.7 cm³/mol. The minimum absolute atomic E-state index is 0.840. The second-order valence-electron chi connectivity index (χ2n) is 2.10. The summed E-state index contributed by atoms with van der Waals surface area (Å²) in [7, 11) is 1.50. The third-order valence-corrected chi connectivity index (χ3v) is 1.39. The van der Waals surface area contributed by atoms with Gasteiger partial charge < -0.3 is 11.5 Å². The number of nitrogen functional groups attached to an aromatic ring is 1. The fourth-order valence-electron chi connectivity index (χ4n) is 0.753. The van der Waals surface area contributed by atoms with E-state index in [4.69, 9.17) is 5.73 Å². The Morgan fingerprint density at radius 2 is 1.38 bits per heavy atom. The molecule has 2 nitrogen and oxygen atoms in total. The van der Waals surface area contributed by atoms with Crippen LogP contribution in [0.1, 0.15) is 26.3 Å². The highest BCUT2D eigenvalue weighted by atomic mass is 14.5. The summed E-state index contributed by atoms with van der Waals surface area (Å²) in [6.07, 6.45) is 1.08. The zero-order chi connectivity index (χ0) is 10.7. The first-order valence-corrected chi connectivity index (χ1v) is 4.75. The van der Waals surface area contributed by atoms with Crippen LogP contribution >= 0.6 is 0 Å². The molecule has 0 heterocycles. The SMILES string of the molecule is CC.CCc1ccc(N)cc1.CN. The predicted octanol–water partition coefficient (Wildman–Crippen LogP) is 2.43. The number of hydrogen-bond donors (Lipinski definition) is 2. The molecular weight excluding hydrogens is 160 g/mol. The Morgan fingerprint density at radius 3 is 1.69 bits per heavy atom. The highest BCUT2D eigenvalue weighted by Gasteiger charge is 1.85. The summed E-state index contributed by atoms with van der Waals surface area (Å²) in [6.45, 7) is 6.13. The van der Waals surface area contributed by atoms with Crippen molar-refractivity contribution in [2.45, 2.75) is 27.2 Å². The first kappa shape index (κ1) is 14.5. The highest BCUT2D eigenvalue weighted by molar-refractivity contribution is 5.39. The summed E-state index contributed by atoms with van der Waals surface area (Å²) in [6, 6.07) is 7.96. The Hall–Kier alpha value is -1.02. The molecule has 1 aromatic carbocycles. The number of rotatable bonds is 1. The Kier molecular flexibility index (Phi) is 12.2. The molecule has 0 bridgehead atoms. The Bertz CT molecular complexity index is 180. The molecule has 0 radical (unpaired) electrons. The van der Waals surface area contributed by atoms with Crippen molar-refractivity contribution < 1.29 is 0 Å². The maximum absolute atomic E-state index is 5.48. The molecule has 13 heavy (non-hydrogen) atoms. The standard InChI is InChI=1S/C8H11N.C2H6.CH5N/c1-2-7-3-5-8(9)6-4-7;2*1-2/h3-6H,2,9H2,1H3;1-2H3;2H2,1H3. The third kappa shape index (κ3) is 7.34. The molecule has 0 amide bonds. The average Bonchev–Trinajstić information content (AvgIpc) is 2.25. The van der Waals surface area contributed by atoms with E-state index < -0.39 is 0 Å². The van der Waals surface area contributed by atoms with E-state index in [0.29, 0.717) is 0 Å². The van der Waals surface area contributed by atoms with Gasteiger partial charge in [-0.05, 0) is 31.2 Å². The van der Waals surface area contributed by atoms with Crippen LogP contribution < -0.4 is 11.5 Å². The molecule has 0 aliphatic rings. The van der Waals surface area contributed by atoms with E-state index in [-0.39, 0.29) is 0 Å². The molecule has 0 saturated heterocycles. The smallest absolute Gasteiger partial charge is 0.0314 e. The van der Waals surface area contributed by atoms with E-state index >= 15 is 0 Å². The molecule has 0 aliphatic heterocycles. The van der Waals surface area contributed by atoms with E-state index in [9.17, 15) is 0 Å². The second kappa shape index (κ2) is 11.0. The number of anilines is 1. The van der Waals surface area contributed by atoms with Crippen LogP contribution in [0.5, 0.6) is 0 Å². The monoisotopic (exact) mass is 182 g/mol. The molecule has 0 unspecified atom stereocenters. The second-order valence-corrected chi connectivity index (χ2v) is 2.10. The van der Waals surface area contributed by atoms with E-state index in [1.165, 1.54) is 12.6 Å². The zero-order valence-corrected chi connectivity index (χ0v) is 9.17. The van der Waals surface area contributed by atoms with Crippen molar-refractivity contribution in [1.82, 2.24) is 0 Å². The van der Waals surface area contributed by atoms with Crippen molar-refractivity contribution in [2.24, 2.45) is 5.73 Å². The topological polar surface area (TPSA) is 52.0 Å². The van der Waals surface area contributed by atoms with Gasteiger partial charge in [0.15, 0.2) is 0 Å². The molecule has 0 aromatic heterocycles. The van der Waals surface area contributed by atoms with Gasteiger partial charge in [0.05, 0.1) is 0 Å². The number of aryl methyl sites for hydroxylation is 1. The normalized spacial score (nSPS) is 7.46. The lowest BCUT2D eigenvalue weighted by atomic mass is 10.2. The highest BCUT2D eigenvalue weighted by Crippen LogP contribution is 2.04. The Labute approximate surface area is 81.9 Å². The van der Waals surface area contributed by atoms with Gasteiger partial charge in [-0.3, -0.25) is 0 Å². The Morgan fingerprint density at radius 1 is 1.00 bits per heavy atom. The van der Waals surface area contributed by atoms with Crippen LogP contribution in [0.25, 0.3) is 0 Å². The molecule has 76 valence electrons. The van der Waals surface area contributed by atoms with Crippen LogP contribution in [-0.2, 0) is 6.42 Å². The summed E-state index contributed by atoms with van der Waals surface area (Å²) in [5, 5.41) is 0. The van der Waals surface area contributed by atoms with Crippen LogP contribution in [0.4, 0.5) is 5.69 Å². The molecule has 1 rings (SSSR count). The molecular formula is C11H22N2. The van der Waals surface area contributed by atoms with Crippen LogP contribution in [0.3, 0.4) is 0 Å². The van der Waals surface area contributed by atoms with Crippen molar-refractivity contribution in [3.8, 4) is 0 Å². The van der Waals surface area contributed by atoms with Gasteiger partial charge >= 0.3 is 0 Å². The lowest BCUT2D eigenvalue weighted by Gasteiger charge is -1.94. The molecule has 2 heteroatoms. The summed E-state index contributed by atoms with van der Waals surface area (Å²) in [5.41, 5.74) is 12.2. The first-order chi connectivity index (χ1) is 6.33. The molecule has 0 fully saturated rings. The van der Waals surface area contributed by atoms with Crippen LogP contribution in [0, 0.1) is 0 Å². The van der Waals surface area contributed by atoms with Crippen LogP contribution in [-0.4, -0.2) is 7.05 Å². The molecule has 4 N–H and O–H groups in total. The molecule has 0 saturated carbocycles. The first-order valence-electron chi connectivity index (χ1n) is 4.75. The van der Waals surface area contributed by atoms with Crippen molar-refractivity contribution in [3.63, 3.8) is 0 Å². The van der Waals surface area contributed by atoms with E-state index in [0.717, 1.165) is 12.1 Å². The van der Waals surface area contributed by atoms with Gasteiger partial charge in [-0.25, -0.2) is 0 Å². The number of nitrogens with two attached hydrogens (primary N) is 2. The van der Waals surface area contributed by atoms with Crippen molar-refractivity contribution >= 4 is 5.69 Å². The zero-order valence-electron chi connectivity index (χ0n) is 9.17. The quantitative estimate of drug-likeness (QED) is 0.655. The third-order valence-electron chi connectivity index (χ3n) is 1.39. The molecule has 0 aliphatic carbocycles. The van der Waals surface area contributed by atoms with E-state index in [2.05, 4.69) is 24.8 Å². The van der Waals surface area contributed by atoms with Gasteiger partial charge in [0.1, 0.15) is 0 Å². The van der Waals surface area contributed by atoms with Crippen LogP contribution in [0.15, 0.2) is 24.3 Å². The minimum Gasteiger partial charge on any atom is -0.399 e. The summed E-state index contributed by atoms with van der Waals surface area (Å²) < 4.78 is 0. The van der Waals surface area contributed by atoms with Crippen molar-refractivity contribution in [3.05, 3.63) is 29.8 Å². The van der Waals surface area contributed by atoms with E-state index in [1.807, 2.05) is 26.0 Å². The maximum atomic E-state index is 5.48.